The van der Waals surface area contributed by atoms with Crippen LogP contribution in [0.2, 0.25) is 0 Å². The van der Waals surface area contributed by atoms with Crippen molar-refractivity contribution in [3.05, 3.63) is 48.8 Å². The zero-order valence-electron chi connectivity index (χ0n) is 18.7. The third-order valence-electron chi connectivity index (χ3n) is 5.43. The molecule has 0 radical (unpaired) electrons. The number of hydrogen-bond acceptors (Lipinski definition) is 7. The number of hydrogen-bond donors (Lipinski definition) is 1. The highest BCUT2D eigenvalue weighted by Gasteiger charge is 2.29. The maximum absolute atomic E-state index is 12.7. The Morgan fingerprint density at radius 3 is 2.27 bits per heavy atom. The SMILES string of the molecule is CCN(CC)S(=O)(=O)c1cccc(NC(=O)CN2CCN(S(=O)(=O)c3cccnc3)CC2)c1. The number of rotatable bonds is 9. The predicted octanol–water partition coefficient (Wildman–Crippen LogP) is 1.06. The molecule has 0 aliphatic carbocycles. The summed E-state index contributed by atoms with van der Waals surface area (Å²) >= 11 is 0. The van der Waals surface area contributed by atoms with E-state index in [4.69, 9.17) is 0 Å². The van der Waals surface area contributed by atoms with Gasteiger partial charge in [-0.2, -0.15) is 8.61 Å². The molecule has 0 saturated carbocycles. The number of aromatic nitrogens is 1. The van der Waals surface area contributed by atoms with Crippen LogP contribution in [0.15, 0.2) is 58.6 Å². The minimum Gasteiger partial charge on any atom is -0.325 e. The molecule has 2 heterocycles. The van der Waals surface area contributed by atoms with Crippen LogP contribution in [0.4, 0.5) is 5.69 Å². The van der Waals surface area contributed by atoms with E-state index in [0.29, 0.717) is 31.9 Å². The van der Waals surface area contributed by atoms with Crippen LogP contribution in [0.1, 0.15) is 13.8 Å². The zero-order valence-corrected chi connectivity index (χ0v) is 20.3. The van der Waals surface area contributed by atoms with Gasteiger partial charge >= 0.3 is 0 Å². The van der Waals surface area contributed by atoms with Crippen molar-refractivity contribution in [1.82, 2.24) is 18.5 Å². The molecular formula is C21H29N5O5S2. The molecule has 1 aliphatic heterocycles. The van der Waals surface area contributed by atoms with E-state index in [1.807, 2.05) is 4.90 Å². The van der Waals surface area contributed by atoms with Crippen LogP contribution in [0.25, 0.3) is 0 Å². The van der Waals surface area contributed by atoms with Crippen molar-refractivity contribution in [2.24, 2.45) is 0 Å². The van der Waals surface area contributed by atoms with E-state index in [9.17, 15) is 21.6 Å². The van der Waals surface area contributed by atoms with Crippen LogP contribution in [-0.4, -0.2) is 87.1 Å². The second-order valence-electron chi connectivity index (χ2n) is 7.53. The summed E-state index contributed by atoms with van der Waals surface area (Å²) in [7, 11) is -7.24. The number of carbonyl (C=O) groups excluding carboxylic acids is 1. The highest BCUT2D eigenvalue weighted by molar-refractivity contribution is 7.89. The summed E-state index contributed by atoms with van der Waals surface area (Å²) in [6.07, 6.45) is 2.84. The van der Waals surface area contributed by atoms with Crippen LogP contribution in [0.3, 0.4) is 0 Å². The van der Waals surface area contributed by atoms with Crippen LogP contribution in [-0.2, 0) is 24.8 Å². The maximum atomic E-state index is 12.7. The summed E-state index contributed by atoms with van der Waals surface area (Å²) in [6.45, 7) is 5.68. The van der Waals surface area contributed by atoms with Gasteiger partial charge in [-0.3, -0.25) is 14.7 Å². The average molecular weight is 496 g/mol. The number of amides is 1. The van der Waals surface area contributed by atoms with Gasteiger partial charge in [0.1, 0.15) is 4.90 Å². The van der Waals surface area contributed by atoms with Crippen molar-refractivity contribution in [3.63, 3.8) is 0 Å². The van der Waals surface area contributed by atoms with Gasteiger partial charge in [0.15, 0.2) is 0 Å². The molecule has 33 heavy (non-hydrogen) atoms. The van der Waals surface area contributed by atoms with Crippen LogP contribution < -0.4 is 5.32 Å². The number of benzene rings is 1. The third kappa shape index (κ3) is 5.95. The van der Waals surface area contributed by atoms with Gasteiger partial charge < -0.3 is 5.32 Å². The smallest absolute Gasteiger partial charge is 0.244 e. The molecule has 1 aromatic carbocycles. The molecule has 1 N–H and O–H groups in total. The first-order chi connectivity index (χ1) is 15.7. The summed E-state index contributed by atoms with van der Waals surface area (Å²) in [5.41, 5.74) is 0.394. The number of piperazine rings is 1. The van der Waals surface area contributed by atoms with Crippen molar-refractivity contribution in [2.45, 2.75) is 23.6 Å². The first kappa shape index (κ1) is 25.2. The Morgan fingerprint density at radius 1 is 1.00 bits per heavy atom. The van der Waals surface area contributed by atoms with E-state index >= 15 is 0 Å². The quantitative estimate of drug-likeness (QED) is 0.552. The highest BCUT2D eigenvalue weighted by atomic mass is 32.2. The molecule has 0 atom stereocenters. The van der Waals surface area contributed by atoms with Crippen molar-refractivity contribution in [3.8, 4) is 0 Å². The van der Waals surface area contributed by atoms with Crippen LogP contribution in [0, 0.1) is 0 Å². The fourth-order valence-electron chi connectivity index (χ4n) is 3.63. The fraction of sp³-hybridized carbons (Fsp3) is 0.429. The normalized spacial score (nSPS) is 16.1. The van der Waals surface area contributed by atoms with Gasteiger partial charge in [0.25, 0.3) is 0 Å². The average Bonchev–Trinajstić information content (AvgIpc) is 2.81. The summed E-state index contributed by atoms with van der Waals surface area (Å²) < 4.78 is 53.6. The second kappa shape index (κ2) is 10.7. The molecule has 180 valence electrons. The Bertz CT molecular complexity index is 1160. The lowest BCUT2D eigenvalue weighted by molar-refractivity contribution is -0.117. The van der Waals surface area contributed by atoms with Gasteiger partial charge in [0.05, 0.1) is 11.4 Å². The maximum Gasteiger partial charge on any atom is 0.244 e. The highest BCUT2D eigenvalue weighted by Crippen LogP contribution is 2.20. The summed E-state index contributed by atoms with van der Waals surface area (Å²) in [5, 5.41) is 2.74. The van der Waals surface area contributed by atoms with Gasteiger partial charge in [-0.1, -0.05) is 19.9 Å². The molecule has 0 spiro atoms. The van der Waals surface area contributed by atoms with E-state index in [1.165, 1.54) is 39.2 Å². The molecular weight excluding hydrogens is 466 g/mol. The Kier molecular flexibility index (Phi) is 8.19. The molecule has 12 heteroatoms. The Hall–Kier alpha value is -2.38. The first-order valence-electron chi connectivity index (χ1n) is 10.7. The number of nitrogens with zero attached hydrogens (tertiary/aromatic N) is 4. The Morgan fingerprint density at radius 2 is 1.67 bits per heavy atom. The second-order valence-corrected chi connectivity index (χ2v) is 11.4. The van der Waals surface area contributed by atoms with Crippen molar-refractivity contribution >= 4 is 31.6 Å². The van der Waals surface area contributed by atoms with E-state index in [2.05, 4.69) is 10.3 Å². The zero-order chi connectivity index (χ0) is 24.1. The number of anilines is 1. The van der Waals surface area contributed by atoms with Gasteiger partial charge in [0.2, 0.25) is 26.0 Å². The Balaban J connectivity index is 1.57. The number of pyridine rings is 1. The largest absolute Gasteiger partial charge is 0.325 e. The van der Waals surface area contributed by atoms with E-state index in [-0.39, 0.29) is 35.3 Å². The van der Waals surface area contributed by atoms with E-state index in [0.717, 1.165) is 0 Å². The lowest BCUT2D eigenvalue weighted by Gasteiger charge is -2.33. The molecule has 0 unspecified atom stereocenters. The lowest BCUT2D eigenvalue weighted by Crippen LogP contribution is -2.50. The third-order valence-corrected chi connectivity index (χ3v) is 9.36. The van der Waals surface area contributed by atoms with Crippen molar-refractivity contribution < 1.29 is 21.6 Å². The molecule has 1 saturated heterocycles. The summed E-state index contributed by atoms with van der Waals surface area (Å²) in [4.78, 5) is 18.5. The number of sulfonamides is 2. The van der Waals surface area contributed by atoms with Crippen molar-refractivity contribution in [1.29, 1.82) is 0 Å². The van der Waals surface area contributed by atoms with Crippen LogP contribution >= 0.6 is 0 Å². The molecule has 0 bridgehead atoms. The molecule has 1 amide bonds. The monoisotopic (exact) mass is 495 g/mol. The van der Waals surface area contributed by atoms with Gasteiger partial charge in [-0.25, -0.2) is 16.8 Å². The summed E-state index contributed by atoms with van der Waals surface area (Å²) in [6, 6.07) is 9.27. The van der Waals surface area contributed by atoms with E-state index < -0.39 is 20.0 Å². The standard InChI is InChI=1S/C21H29N5O5S2/c1-3-25(4-2)32(28,29)19-8-5-7-18(15-19)23-21(27)17-24-11-13-26(14-12-24)33(30,31)20-9-6-10-22-16-20/h5-10,15-16H,3-4,11-14,17H2,1-2H3,(H,23,27). The molecule has 1 fully saturated rings. The van der Waals surface area contributed by atoms with Crippen molar-refractivity contribution in [2.75, 3.05) is 51.1 Å². The minimum atomic E-state index is -3.62. The predicted molar refractivity (Wildman–Crippen MR) is 125 cm³/mol. The lowest BCUT2D eigenvalue weighted by atomic mass is 10.3. The van der Waals surface area contributed by atoms with Gasteiger partial charge in [0, 0.05) is 57.3 Å². The molecule has 1 aliphatic rings. The topological polar surface area (TPSA) is 120 Å². The van der Waals surface area contributed by atoms with Crippen LogP contribution in [0.5, 0.6) is 0 Å². The molecule has 3 rings (SSSR count). The molecule has 2 aromatic rings. The van der Waals surface area contributed by atoms with Gasteiger partial charge in [-0.05, 0) is 30.3 Å². The minimum absolute atomic E-state index is 0.0772. The first-order valence-corrected chi connectivity index (χ1v) is 13.6. The number of nitrogens with one attached hydrogen (secondary N) is 1. The molecule has 1 aromatic heterocycles. The van der Waals surface area contributed by atoms with E-state index in [1.54, 1.807) is 32.0 Å². The fourth-order valence-corrected chi connectivity index (χ4v) is 6.52. The number of carbonyl (C=O) groups is 1. The molecule has 10 nitrogen and oxygen atoms in total. The summed E-state index contributed by atoms with van der Waals surface area (Å²) in [5.74, 6) is -0.295. The Labute approximate surface area is 195 Å². The van der Waals surface area contributed by atoms with Gasteiger partial charge in [-0.15, -0.1) is 0 Å².